The third-order valence-electron chi connectivity index (χ3n) is 3.61. The minimum Gasteiger partial charge on any atom is -0.359 e. The lowest BCUT2D eigenvalue weighted by Gasteiger charge is -2.13. The van der Waals surface area contributed by atoms with Crippen LogP contribution in [0, 0.1) is 13.8 Å². The van der Waals surface area contributed by atoms with Crippen molar-refractivity contribution in [3.8, 4) is 0 Å². The van der Waals surface area contributed by atoms with E-state index in [0.717, 1.165) is 5.57 Å². The molecular formula is C17H20N2O3S. The lowest BCUT2D eigenvalue weighted by Crippen LogP contribution is -2.15. The molecule has 0 spiro atoms. The average molecular weight is 332 g/mol. The molecule has 0 aliphatic rings. The van der Waals surface area contributed by atoms with Crippen LogP contribution in [-0.4, -0.2) is 13.6 Å². The minimum absolute atomic E-state index is 0.204. The molecule has 0 atom stereocenters. The van der Waals surface area contributed by atoms with Gasteiger partial charge in [-0.15, -0.1) is 0 Å². The Kier molecular flexibility index (Phi) is 5.05. The van der Waals surface area contributed by atoms with Crippen LogP contribution >= 0.6 is 0 Å². The Labute approximate surface area is 136 Å². The Morgan fingerprint density at radius 2 is 2.04 bits per heavy atom. The first-order valence-electron chi connectivity index (χ1n) is 7.27. The van der Waals surface area contributed by atoms with Crippen LogP contribution in [0.1, 0.15) is 30.2 Å². The van der Waals surface area contributed by atoms with E-state index < -0.39 is 10.0 Å². The van der Waals surface area contributed by atoms with E-state index in [1.165, 1.54) is 0 Å². The highest BCUT2D eigenvalue weighted by molar-refractivity contribution is 7.92. The van der Waals surface area contributed by atoms with Crippen molar-refractivity contribution in [2.24, 2.45) is 0 Å². The molecular weight excluding hydrogens is 312 g/mol. The number of sulfonamides is 1. The molecule has 0 aliphatic carbocycles. The van der Waals surface area contributed by atoms with E-state index in [1.807, 2.05) is 19.1 Å². The molecule has 0 saturated heterocycles. The van der Waals surface area contributed by atoms with Gasteiger partial charge in [-0.1, -0.05) is 49.0 Å². The van der Waals surface area contributed by atoms with E-state index in [-0.39, 0.29) is 10.7 Å². The van der Waals surface area contributed by atoms with Crippen molar-refractivity contribution in [2.45, 2.75) is 32.1 Å². The predicted octanol–water partition coefficient (Wildman–Crippen LogP) is 4.07. The largest absolute Gasteiger partial charge is 0.359 e. The molecule has 1 aromatic heterocycles. The van der Waals surface area contributed by atoms with Gasteiger partial charge in [0.15, 0.2) is 5.82 Å². The van der Waals surface area contributed by atoms with Crippen molar-refractivity contribution < 1.29 is 12.9 Å². The second kappa shape index (κ2) is 6.83. The Morgan fingerprint density at radius 3 is 2.61 bits per heavy atom. The maximum atomic E-state index is 12.8. The van der Waals surface area contributed by atoms with Gasteiger partial charge >= 0.3 is 0 Å². The summed E-state index contributed by atoms with van der Waals surface area (Å²) >= 11 is 0. The van der Waals surface area contributed by atoms with Crippen LogP contribution in [0.3, 0.4) is 0 Å². The highest BCUT2D eigenvalue weighted by atomic mass is 32.2. The molecule has 1 N–H and O–H groups in total. The number of aromatic nitrogens is 1. The number of aryl methyl sites for hydroxylation is 1. The molecule has 1 heterocycles. The fourth-order valence-corrected chi connectivity index (χ4v) is 3.50. The zero-order valence-corrected chi connectivity index (χ0v) is 14.3. The monoisotopic (exact) mass is 332 g/mol. The number of allylic oxidation sites excluding steroid dienone is 3. The van der Waals surface area contributed by atoms with Gasteiger partial charge in [0.2, 0.25) is 0 Å². The first kappa shape index (κ1) is 17.0. The SMILES string of the molecule is C=C/C=C(\CC)c1ccccc1S(=O)(=O)Nc1noc(C)c1C. The van der Waals surface area contributed by atoms with Gasteiger partial charge in [-0.05, 0) is 37.5 Å². The molecule has 6 heteroatoms. The lowest BCUT2D eigenvalue weighted by atomic mass is 10.0. The van der Waals surface area contributed by atoms with Crippen LogP contribution in [0.2, 0.25) is 0 Å². The fourth-order valence-electron chi connectivity index (χ4n) is 2.20. The standard InChI is InChI=1S/C17H20N2O3S/c1-5-9-14(6-2)15-10-7-8-11-16(15)23(20,21)19-17-12(3)13(4)22-18-17/h5,7-11H,1,6H2,2-4H3,(H,18,19)/b14-9+. The normalized spacial score (nSPS) is 12.2. The van der Waals surface area contributed by atoms with Crippen molar-refractivity contribution >= 4 is 21.4 Å². The summed E-state index contributed by atoms with van der Waals surface area (Å²) in [5.74, 6) is 0.792. The van der Waals surface area contributed by atoms with Crippen LogP contribution in [0.5, 0.6) is 0 Å². The highest BCUT2D eigenvalue weighted by Crippen LogP contribution is 2.28. The number of hydrogen-bond acceptors (Lipinski definition) is 4. The van der Waals surface area contributed by atoms with E-state index in [4.69, 9.17) is 4.52 Å². The third kappa shape index (κ3) is 3.53. The maximum Gasteiger partial charge on any atom is 0.263 e. The maximum absolute atomic E-state index is 12.8. The van der Waals surface area contributed by atoms with Crippen LogP contribution in [-0.2, 0) is 10.0 Å². The van der Waals surface area contributed by atoms with Crippen LogP contribution in [0.4, 0.5) is 5.82 Å². The van der Waals surface area contributed by atoms with Crippen molar-refractivity contribution in [1.29, 1.82) is 0 Å². The molecule has 2 rings (SSSR count). The molecule has 0 unspecified atom stereocenters. The van der Waals surface area contributed by atoms with Crippen molar-refractivity contribution in [2.75, 3.05) is 4.72 Å². The van der Waals surface area contributed by atoms with E-state index in [2.05, 4.69) is 16.5 Å². The second-order valence-electron chi connectivity index (χ2n) is 5.10. The summed E-state index contributed by atoms with van der Waals surface area (Å²) in [6, 6.07) is 6.87. The Hall–Kier alpha value is -2.34. The molecule has 5 nitrogen and oxygen atoms in total. The Balaban J connectivity index is 2.50. The van der Waals surface area contributed by atoms with Gasteiger partial charge in [0.25, 0.3) is 10.0 Å². The summed E-state index contributed by atoms with van der Waals surface area (Å²) in [6.45, 7) is 9.14. The number of hydrogen-bond donors (Lipinski definition) is 1. The quantitative estimate of drug-likeness (QED) is 0.809. The molecule has 0 amide bonds. The van der Waals surface area contributed by atoms with Crippen LogP contribution in [0.25, 0.3) is 5.57 Å². The third-order valence-corrected chi connectivity index (χ3v) is 5.01. The van der Waals surface area contributed by atoms with Crippen LogP contribution < -0.4 is 4.72 Å². The highest BCUT2D eigenvalue weighted by Gasteiger charge is 2.22. The molecule has 122 valence electrons. The summed E-state index contributed by atoms with van der Waals surface area (Å²) in [5, 5.41) is 3.76. The van der Waals surface area contributed by atoms with E-state index in [9.17, 15) is 8.42 Å². The molecule has 0 fully saturated rings. The van der Waals surface area contributed by atoms with E-state index in [1.54, 1.807) is 38.1 Å². The van der Waals surface area contributed by atoms with Crippen molar-refractivity contribution in [3.63, 3.8) is 0 Å². The first-order valence-corrected chi connectivity index (χ1v) is 8.75. The summed E-state index contributed by atoms with van der Waals surface area (Å²) in [4.78, 5) is 0.204. The summed E-state index contributed by atoms with van der Waals surface area (Å²) in [7, 11) is -3.77. The number of nitrogens with zero attached hydrogens (tertiary/aromatic N) is 1. The number of nitrogens with one attached hydrogen (secondary N) is 1. The zero-order valence-electron chi connectivity index (χ0n) is 13.5. The van der Waals surface area contributed by atoms with Gasteiger partial charge in [0.1, 0.15) is 5.76 Å². The predicted molar refractivity (Wildman–Crippen MR) is 91.7 cm³/mol. The zero-order chi connectivity index (χ0) is 17.0. The number of benzene rings is 1. The number of rotatable bonds is 6. The molecule has 0 radical (unpaired) electrons. The number of anilines is 1. The Morgan fingerprint density at radius 1 is 1.35 bits per heavy atom. The molecule has 1 aromatic carbocycles. The van der Waals surface area contributed by atoms with E-state index in [0.29, 0.717) is 23.3 Å². The lowest BCUT2D eigenvalue weighted by molar-refractivity contribution is 0.399. The Bertz CT molecular complexity index is 848. The van der Waals surface area contributed by atoms with Gasteiger partial charge in [-0.2, -0.15) is 0 Å². The summed E-state index contributed by atoms with van der Waals surface area (Å²) < 4.78 is 33.0. The van der Waals surface area contributed by atoms with Gasteiger partial charge in [0.05, 0.1) is 4.90 Å². The van der Waals surface area contributed by atoms with Crippen LogP contribution in [0.15, 0.2) is 52.4 Å². The topological polar surface area (TPSA) is 72.2 Å². The van der Waals surface area contributed by atoms with Crippen molar-refractivity contribution in [3.05, 3.63) is 59.9 Å². The first-order chi connectivity index (χ1) is 10.9. The second-order valence-corrected chi connectivity index (χ2v) is 6.75. The molecule has 0 saturated carbocycles. The summed E-state index contributed by atoms with van der Waals surface area (Å²) in [6.07, 6.45) is 4.17. The van der Waals surface area contributed by atoms with Gasteiger partial charge < -0.3 is 4.52 Å². The molecule has 0 bridgehead atoms. The van der Waals surface area contributed by atoms with Crippen molar-refractivity contribution in [1.82, 2.24) is 5.16 Å². The average Bonchev–Trinajstić information content (AvgIpc) is 2.84. The van der Waals surface area contributed by atoms with Gasteiger partial charge in [0, 0.05) is 5.56 Å². The molecule has 23 heavy (non-hydrogen) atoms. The molecule has 0 aliphatic heterocycles. The molecule has 2 aromatic rings. The minimum atomic E-state index is -3.77. The fraction of sp³-hybridized carbons (Fsp3) is 0.235. The van der Waals surface area contributed by atoms with Gasteiger partial charge in [-0.3, -0.25) is 4.72 Å². The summed E-state index contributed by atoms with van der Waals surface area (Å²) in [5.41, 5.74) is 2.22. The smallest absolute Gasteiger partial charge is 0.263 e. The van der Waals surface area contributed by atoms with E-state index >= 15 is 0 Å². The van der Waals surface area contributed by atoms with Gasteiger partial charge in [-0.25, -0.2) is 8.42 Å².